The Kier molecular flexibility index (Phi) is 7.24. The zero-order chi connectivity index (χ0) is 29.7. The van der Waals surface area contributed by atoms with Crippen molar-refractivity contribution in [1.82, 2.24) is 29.7 Å². The van der Waals surface area contributed by atoms with Gasteiger partial charge in [0.25, 0.3) is 5.89 Å². The molecule has 0 atom stereocenters. The van der Waals surface area contributed by atoms with Crippen molar-refractivity contribution in [3.63, 3.8) is 0 Å². The minimum absolute atomic E-state index is 0.134. The summed E-state index contributed by atoms with van der Waals surface area (Å²) in [5, 5.41) is 8.12. The Morgan fingerprint density at radius 1 is 1.07 bits per heavy atom. The number of carbonyl (C=O) groups is 2. The number of ether oxygens (including phenoxy) is 1. The van der Waals surface area contributed by atoms with Gasteiger partial charge >= 0.3 is 12.3 Å². The van der Waals surface area contributed by atoms with Gasteiger partial charge < -0.3 is 19.1 Å². The van der Waals surface area contributed by atoms with Crippen LogP contribution >= 0.6 is 11.6 Å². The van der Waals surface area contributed by atoms with Crippen molar-refractivity contribution in [2.24, 2.45) is 0 Å². The van der Waals surface area contributed by atoms with Gasteiger partial charge in [-0.3, -0.25) is 9.48 Å². The lowest BCUT2D eigenvalue weighted by molar-refractivity contribution is -0.146. The molecule has 1 saturated carbocycles. The van der Waals surface area contributed by atoms with E-state index in [0.717, 1.165) is 6.07 Å². The van der Waals surface area contributed by atoms with E-state index in [1.54, 1.807) is 20.8 Å². The van der Waals surface area contributed by atoms with Crippen LogP contribution in [0.1, 0.15) is 50.7 Å². The molecule has 2 fully saturated rings. The van der Waals surface area contributed by atoms with E-state index in [-0.39, 0.29) is 48.6 Å². The van der Waals surface area contributed by atoms with E-state index in [2.05, 4.69) is 15.2 Å². The monoisotopic (exact) mass is 598 g/mol. The molecule has 0 spiro atoms. The largest absolute Gasteiger partial charge is 0.444 e. The molecule has 15 heteroatoms. The number of carbonyl (C=O) groups excluding carboxylic acids is 2. The summed E-state index contributed by atoms with van der Waals surface area (Å²) in [7, 11) is 0. The van der Waals surface area contributed by atoms with Crippen LogP contribution < -0.4 is 0 Å². The Labute approximate surface area is 237 Å². The van der Waals surface area contributed by atoms with Gasteiger partial charge in [0.2, 0.25) is 5.91 Å². The Balaban J connectivity index is 1.32. The molecule has 0 N–H and O–H groups in total. The van der Waals surface area contributed by atoms with Gasteiger partial charge in [0.1, 0.15) is 23.7 Å². The average molecular weight is 599 g/mol. The van der Waals surface area contributed by atoms with Crippen LogP contribution in [-0.4, -0.2) is 73.5 Å². The lowest BCUT2D eigenvalue weighted by Crippen LogP contribution is -2.52. The lowest BCUT2D eigenvalue weighted by Gasteiger charge is -2.35. The third-order valence-corrected chi connectivity index (χ3v) is 7.22. The number of piperazine rings is 1. The van der Waals surface area contributed by atoms with Gasteiger partial charge in [0, 0.05) is 37.3 Å². The Morgan fingerprint density at radius 3 is 2.32 bits per heavy atom. The summed E-state index contributed by atoms with van der Waals surface area (Å²) >= 11 is 6.23. The van der Waals surface area contributed by atoms with Crippen LogP contribution in [0.25, 0.3) is 11.6 Å². The molecule has 41 heavy (non-hydrogen) atoms. The second kappa shape index (κ2) is 10.3. The molecule has 0 radical (unpaired) electrons. The summed E-state index contributed by atoms with van der Waals surface area (Å²) in [6.45, 7) is 5.16. The molecule has 1 saturated heterocycles. The van der Waals surface area contributed by atoms with Gasteiger partial charge in [-0.05, 0) is 51.3 Å². The van der Waals surface area contributed by atoms with Crippen molar-refractivity contribution in [2.75, 3.05) is 26.2 Å². The minimum atomic E-state index is -4.82. The van der Waals surface area contributed by atoms with Crippen LogP contribution in [0.2, 0.25) is 5.02 Å². The van der Waals surface area contributed by atoms with Crippen LogP contribution in [0.15, 0.2) is 28.8 Å². The fourth-order valence-electron chi connectivity index (χ4n) is 4.70. The number of nitrogens with zero attached hydrogens (tertiary/aromatic N) is 6. The third kappa shape index (κ3) is 6.02. The Bertz CT molecular complexity index is 1470. The van der Waals surface area contributed by atoms with E-state index in [1.165, 1.54) is 28.0 Å². The second-order valence-electron chi connectivity index (χ2n) is 11.0. The highest BCUT2D eigenvalue weighted by Crippen LogP contribution is 2.54. The molecule has 1 aliphatic heterocycles. The highest BCUT2D eigenvalue weighted by molar-refractivity contribution is 6.31. The van der Waals surface area contributed by atoms with Gasteiger partial charge in [-0.15, -0.1) is 0 Å². The van der Waals surface area contributed by atoms with Crippen molar-refractivity contribution in [3.05, 3.63) is 52.2 Å². The fraction of sp³-hybridized carbons (Fsp3) is 0.500. The van der Waals surface area contributed by atoms with Crippen molar-refractivity contribution in [1.29, 1.82) is 0 Å². The van der Waals surface area contributed by atoms with Crippen LogP contribution in [0.4, 0.5) is 22.4 Å². The quantitative estimate of drug-likeness (QED) is 0.384. The van der Waals surface area contributed by atoms with Crippen molar-refractivity contribution >= 4 is 23.6 Å². The molecule has 2 aliphatic rings. The van der Waals surface area contributed by atoms with Crippen molar-refractivity contribution in [3.8, 4) is 11.6 Å². The third-order valence-electron chi connectivity index (χ3n) is 6.91. The molecular formula is C26H27ClF4N6O4. The van der Waals surface area contributed by atoms with E-state index in [0.29, 0.717) is 23.1 Å². The number of hydrogen-bond acceptors (Lipinski definition) is 7. The predicted octanol–water partition coefficient (Wildman–Crippen LogP) is 4.90. The molecule has 3 aromatic rings. The van der Waals surface area contributed by atoms with E-state index < -0.39 is 47.2 Å². The minimum Gasteiger partial charge on any atom is -0.444 e. The summed E-state index contributed by atoms with van der Waals surface area (Å²) in [4.78, 5) is 32.3. The Morgan fingerprint density at radius 2 is 1.73 bits per heavy atom. The number of rotatable bonds is 5. The molecule has 2 amide bonds. The molecule has 1 aromatic carbocycles. The predicted molar refractivity (Wildman–Crippen MR) is 136 cm³/mol. The topological polar surface area (TPSA) is 107 Å². The molecule has 0 unspecified atom stereocenters. The second-order valence-corrected chi connectivity index (χ2v) is 11.5. The Hall–Kier alpha value is -3.68. The van der Waals surface area contributed by atoms with E-state index in [9.17, 15) is 27.2 Å². The zero-order valence-corrected chi connectivity index (χ0v) is 23.2. The van der Waals surface area contributed by atoms with Crippen LogP contribution in [0.5, 0.6) is 0 Å². The van der Waals surface area contributed by atoms with Crippen LogP contribution in [-0.2, 0) is 27.7 Å². The van der Waals surface area contributed by atoms with Gasteiger partial charge in [-0.1, -0.05) is 22.8 Å². The number of hydrogen-bond donors (Lipinski definition) is 0. The van der Waals surface area contributed by atoms with Gasteiger partial charge in [-0.2, -0.15) is 23.3 Å². The standard InChI is InChI=1S/C26H27ClF4N6O4/c1-24(2,3)40-23(39)36-10-8-35(9-11-36)20(38)14-37-19(26(29,30)31)13-18(33-37)21-32-22(34-41-21)25(6-7-25)16-5-4-15(28)12-17(16)27/h4-5,12-13H,6-11,14H2,1-3H3. The summed E-state index contributed by atoms with van der Waals surface area (Å²) in [6, 6.07) is 4.70. The molecule has 3 heterocycles. The normalized spacial score (nSPS) is 17.1. The molecule has 2 aromatic heterocycles. The van der Waals surface area contributed by atoms with Crippen LogP contribution in [0.3, 0.4) is 0 Å². The first-order valence-electron chi connectivity index (χ1n) is 12.9. The molecule has 5 rings (SSSR count). The number of benzene rings is 1. The molecule has 10 nitrogen and oxygen atoms in total. The van der Waals surface area contributed by atoms with E-state index in [4.69, 9.17) is 20.9 Å². The maximum absolute atomic E-state index is 13.9. The van der Waals surface area contributed by atoms with Crippen molar-refractivity contribution in [2.45, 2.75) is 57.3 Å². The first-order valence-corrected chi connectivity index (χ1v) is 13.2. The highest BCUT2D eigenvalue weighted by atomic mass is 35.5. The van der Waals surface area contributed by atoms with Gasteiger partial charge in [0.05, 0.1) is 5.41 Å². The number of amides is 2. The summed E-state index contributed by atoms with van der Waals surface area (Å²) in [5.74, 6) is -1.16. The number of halogens is 5. The van der Waals surface area contributed by atoms with E-state index >= 15 is 0 Å². The number of alkyl halides is 3. The van der Waals surface area contributed by atoms with Gasteiger partial charge in [0.15, 0.2) is 11.5 Å². The summed E-state index contributed by atoms with van der Waals surface area (Å²) in [6.07, 6.45) is -4.15. The first kappa shape index (κ1) is 28.8. The molecule has 0 bridgehead atoms. The smallest absolute Gasteiger partial charge is 0.433 e. The van der Waals surface area contributed by atoms with Gasteiger partial charge in [-0.25, -0.2) is 9.18 Å². The molecule has 1 aliphatic carbocycles. The van der Waals surface area contributed by atoms with E-state index in [1.807, 2.05) is 0 Å². The average Bonchev–Trinajstić information content (AvgIpc) is 3.30. The lowest BCUT2D eigenvalue weighted by atomic mass is 9.95. The maximum Gasteiger partial charge on any atom is 0.433 e. The highest BCUT2D eigenvalue weighted by Gasteiger charge is 2.51. The van der Waals surface area contributed by atoms with Crippen LogP contribution in [0, 0.1) is 5.82 Å². The zero-order valence-electron chi connectivity index (χ0n) is 22.5. The van der Waals surface area contributed by atoms with Crippen molar-refractivity contribution < 1.29 is 36.4 Å². The first-order chi connectivity index (χ1) is 19.2. The summed E-state index contributed by atoms with van der Waals surface area (Å²) < 4.78 is 66.4. The SMILES string of the molecule is CC(C)(C)OC(=O)N1CCN(C(=O)Cn2nc(-c3nc(C4(c5ccc(F)cc5Cl)CC4)no3)cc2C(F)(F)F)CC1. The summed E-state index contributed by atoms with van der Waals surface area (Å²) in [5.41, 5.74) is -2.23. The molecular weight excluding hydrogens is 572 g/mol. The molecule has 220 valence electrons. The fourth-order valence-corrected chi connectivity index (χ4v) is 5.05. The number of aromatic nitrogens is 4. The maximum atomic E-state index is 13.9.